The second-order valence-corrected chi connectivity index (χ2v) is 8.01. The summed E-state index contributed by atoms with van der Waals surface area (Å²) in [7, 11) is 1.60. The molecule has 1 aliphatic rings. The van der Waals surface area contributed by atoms with Crippen LogP contribution in [-0.2, 0) is 11.3 Å². The highest BCUT2D eigenvalue weighted by atomic mass is 35.5. The summed E-state index contributed by atoms with van der Waals surface area (Å²) in [4.78, 5) is 2.42. The van der Waals surface area contributed by atoms with Crippen LogP contribution in [-0.4, -0.2) is 44.8 Å². The Bertz CT molecular complexity index is 1090. The van der Waals surface area contributed by atoms with Gasteiger partial charge in [0.05, 0.1) is 31.9 Å². The quantitative estimate of drug-likeness (QED) is 0.590. The van der Waals surface area contributed by atoms with Crippen LogP contribution in [0.2, 0.25) is 5.02 Å². The highest BCUT2D eigenvalue weighted by molar-refractivity contribution is 6.31. The molecule has 0 amide bonds. The Kier molecular flexibility index (Phi) is 7.06. The zero-order valence-corrected chi connectivity index (χ0v) is 18.4. The van der Waals surface area contributed by atoms with Gasteiger partial charge in [0.1, 0.15) is 11.8 Å². The van der Waals surface area contributed by atoms with E-state index in [4.69, 9.17) is 21.1 Å². The molecule has 0 saturated carbocycles. The molecule has 1 N–H and O–H groups in total. The number of rotatable bonds is 7. The second-order valence-electron chi connectivity index (χ2n) is 7.61. The first-order valence-corrected chi connectivity index (χ1v) is 10.9. The van der Waals surface area contributed by atoms with Crippen molar-refractivity contribution in [3.63, 3.8) is 0 Å². The van der Waals surface area contributed by atoms with Gasteiger partial charge in [-0.1, -0.05) is 54.1 Å². The summed E-state index contributed by atoms with van der Waals surface area (Å²) in [6.07, 6.45) is 0. The fourth-order valence-electron chi connectivity index (χ4n) is 4.27. The van der Waals surface area contributed by atoms with E-state index in [2.05, 4.69) is 22.4 Å². The summed E-state index contributed by atoms with van der Waals surface area (Å²) in [5.74, 6) is 0.581. The van der Waals surface area contributed by atoms with Crippen molar-refractivity contribution in [2.75, 3.05) is 39.9 Å². The van der Waals surface area contributed by atoms with E-state index in [1.165, 1.54) is 0 Å². The van der Waals surface area contributed by atoms with Gasteiger partial charge in [-0.3, -0.25) is 4.90 Å². The third-order valence-electron chi connectivity index (χ3n) is 5.81. The zero-order valence-electron chi connectivity index (χ0n) is 17.6. The average Bonchev–Trinajstić information content (AvgIpc) is 2.82. The van der Waals surface area contributed by atoms with E-state index in [-0.39, 0.29) is 6.04 Å². The Balaban J connectivity index is 1.61. The van der Waals surface area contributed by atoms with Gasteiger partial charge in [-0.2, -0.15) is 5.26 Å². The number of nitrogens with zero attached hydrogens (tertiary/aromatic N) is 2. The molecule has 31 heavy (non-hydrogen) atoms. The zero-order chi connectivity index (χ0) is 21.6. The van der Waals surface area contributed by atoms with E-state index < -0.39 is 0 Å². The van der Waals surface area contributed by atoms with E-state index in [1.807, 2.05) is 48.5 Å². The number of hydrogen-bond donors (Lipinski definition) is 1. The Morgan fingerprint density at radius 2 is 1.87 bits per heavy atom. The van der Waals surface area contributed by atoms with Crippen molar-refractivity contribution in [3.05, 3.63) is 76.3 Å². The Morgan fingerprint density at radius 3 is 2.61 bits per heavy atom. The molecule has 1 atom stereocenters. The van der Waals surface area contributed by atoms with Crippen LogP contribution >= 0.6 is 11.6 Å². The summed E-state index contributed by atoms with van der Waals surface area (Å²) in [5.41, 5.74) is 2.49. The molecule has 3 aromatic rings. The minimum absolute atomic E-state index is 0.0622. The number of nitriles is 1. The van der Waals surface area contributed by atoms with Crippen LogP contribution in [0.4, 0.5) is 0 Å². The molecular formula is C25H26ClN3O2. The van der Waals surface area contributed by atoms with Gasteiger partial charge >= 0.3 is 0 Å². The van der Waals surface area contributed by atoms with Crippen LogP contribution in [0.15, 0.2) is 54.6 Å². The molecule has 0 spiro atoms. The van der Waals surface area contributed by atoms with Crippen molar-refractivity contribution in [2.24, 2.45) is 0 Å². The molecular weight excluding hydrogens is 410 g/mol. The van der Waals surface area contributed by atoms with Crippen LogP contribution in [0.5, 0.6) is 5.75 Å². The lowest BCUT2D eigenvalue weighted by Gasteiger charge is -2.35. The monoisotopic (exact) mass is 435 g/mol. The van der Waals surface area contributed by atoms with Crippen LogP contribution < -0.4 is 10.1 Å². The number of hydrogen-bond acceptors (Lipinski definition) is 5. The van der Waals surface area contributed by atoms with Crippen LogP contribution in [0, 0.1) is 11.3 Å². The molecule has 1 heterocycles. The van der Waals surface area contributed by atoms with E-state index in [1.54, 1.807) is 7.11 Å². The van der Waals surface area contributed by atoms with Gasteiger partial charge in [-0.05, 0) is 28.5 Å². The molecule has 0 aromatic heterocycles. The van der Waals surface area contributed by atoms with Crippen LogP contribution in [0.25, 0.3) is 10.8 Å². The number of piperazine rings is 1. The highest BCUT2D eigenvalue weighted by Gasteiger charge is 2.24. The number of methoxy groups -OCH3 is 1. The van der Waals surface area contributed by atoms with Crippen molar-refractivity contribution >= 4 is 22.4 Å². The molecule has 5 nitrogen and oxygen atoms in total. The molecule has 0 aliphatic carbocycles. The average molecular weight is 436 g/mol. The maximum Gasteiger partial charge on any atom is 0.142 e. The molecule has 0 bridgehead atoms. The third kappa shape index (κ3) is 4.68. The first-order valence-electron chi connectivity index (χ1n) is 10.5. The molecule has 0 radical (unpaired) electrons. The molecule has 1 saturated heterocycles. The first-order chi connectivity index (χ1) is 15.2. The van der Waals surface area contributed by atoms with Gasteiger partial charge in [0.2, 0.25) is 0 Å². The van der Waals surface area contributed by atoms with Crippen molar-refractivity contribution < 1.29 is 9.47 Å². The number of halogens is 1. The van der Waals surface area contributed by atoms with Gasteiger partial charge in [-0.15, -0.1) is 0 Å². The van der Waals surface area contributed by atoms with Gasteiger partial charge in [0, 0.05) is 36.8 Å². The summed E-state index contributed by atoms with van der Waals surface area (Å²) in [5, 5.41) is 15.8. The summed E-state index contributed by atoms with van der Waals surface area (Å²) in [6.45, 7) is 4.63. The standard InChI is InChI=1S/C25H26ClN3O2/c1-30-25-19(15-27)14-18-6-2-3-7-20(18)22(25)16-31-17-24(29-12-10-28-11-13-29)21-8-4-5-9-23(21)26/h2-9,14,24,28H,10-13,16-17H2,1H3. The van der Waals surface area contributed by atoms with Crippen LogP contribution in [0.3, 0.4) is 0 Å². The van der Waals surface area contributed by atoms with Gasteiger partial charge in [0.15, 0.2) is 0 Å². The molecule has 1 fully saturated rings. The molecule has 160 valence electrons. The van der Waals surface area contributed by atoms with Crippen molar-refractivity contribution in [3.8, 4) is 11.8 Å². The SMILES string of the molecule is COc1c(C#N)cc2ccccc2c1COCC(c1ccccc1Cl)N1CCNCC1. The number of ether oxygens (including phenoxy) is 2. The maximum absolute atomic E-state index is 9.60. The lowest BCUT2D eigenvalue weighted by molar-refractivity contribution is 0.0440. The first kappa shape index (κ1) is 21.6. The number of fused-ring (bicyclic) bond motifs is 1. The van der Waals surface area contributed by atoms with E-state index in [9.17, 15) is 5.26 Å². The summed E-state index contributed by atoms with van der Waals surface area (Å²) < 4.78 is 11.9. The second kappa shape index (κ2) is 10.1. The molecule has 3 aromatic carbocycles. The van der Waals surface area contributed by atoms with E-state index in [0.717, 1.165) is 53.1 Å². The number of benzene rings is 3. The third-order valence-corrected chi connectivity index (χ3v) is 6.15. The summed E-state index contributed by atoms with van der Waals surface area (Å²) >= 11 is 6.55. The minimum Gasteiger partial charge on any atom is -0.495 e. The molecule has 1 unspecified atom stereocenters. The predicted octanol–water partition coefficient (Wildman–Crippen LogP) is 4.54. The fourth-order valence-corrected chi connectivity index (χ4v) is 4.53. The smallest absolute Gasteiger partial charge is 0.142 e. The Morgan fingerprint density at radius 1 is 1.13 bits per heavy atom. The van der Waals surface area contributed by atoms with Gasteiger partial charge < -0.3 is 14.8 Å². The fraction of sp³-hybridized carbons (Fsp3) is 0.320. The van der Waals surface area contributed by atoms with Crippen LogP contribution in [0.1, 0.15) is 22.7 Å². The number of nitrogens with one attached hydrogen (secondary N) is 1. The molecule has 4 rings (SSSR count). The van der Waals surface area contributed by atoms with Crippen molar-refractivity contribution in [1.29, 1.82) is 5.26 Å². The predicted molar refractivity (Wildman–Crippen MR) is 124 cm³/mol. The molecule has 6 heteroatoms. The lowest BCUT2D eigenvalue weighted by atomic mass is 10.00. The van der Waals surface area contributed by atoms with Crippen molar-refractivity contribution in [1.82, 2.24) is 10.2 Å². The Hall–Kier alpha value is -2.62. The lowest BCUT2D eigenvalue weighted by Crippen LogP contribution is -2.46. The Labute approximate surface area is 188 Å². The minimum atomic E-state index is 0.0622. The van der Waals surface area contributed by atoms with Gasteiger partial charge in [-0.25, -0.2) is 0 Å². The maximum atomic E-state index is 9.60. The van der Waals surface area contributed by atoms with E-state index >= 15 is 0 Å². The topological polar surface area (TPSA) is 57.5 Å². The normalized spacial score (nSPS) is 15.5. The highest BCUT2D eigenvalue weighted by Crippen LogP contribution is 2.34. The molecule has 1 aliphatic heterocycles. The van der Waals surface area contributed by atoms with Gasteiger partial charge in [0.25, 0.3) is 0 Å². The van der Waals surface area contributed by atoms with Crippen molar-refractivity contribution in [2.45, 2.75) is 12.6 Å². The van der Waals surface area contributed by atoms with E-state index in [0.29, 0.717) is 24.5 Å². The largest absolute Gasteiger partial charge is 0.495 e. The summed E-state index contributed by atoms with van der Waals surface area (Å²) in [6, 6.07) is 20.2.